The zero-order chi connectivity index (χ0) is 26.9. The summed E-state index contributed by atoms with van der Waals surface area (Å²) in [6.45, 7) is 1.07. The number of amides is 1. The minimum absolute atomic E-state index is 0.00742. The van der Waals surface area contributed by atoms with Crippen LogP contribution in [0.4, 0.5) is 11.4 Å². The Balaban J connectivity index is 1.78. The minimum atomic E-state index is -0.582. The largest absolute Gasteiger partial charge is 0.489 e. The summed E-state index contributed by atoms with van der Waals surface area (Å²) >= 11 is 0. The maximum absolute atomic E-state index is 11.6. The van der Waals surface area contributed by atoms with Crippen molar-refractivity contribution in [2.24, 2.45) is 0 Å². The molecule has 0 saturated heterocycles. The van der Waals surface area contributed by atoms with Crippen LogP contribution in [0.1, 0.15) is 22.3 Å². The number of nitro benzene ring substituents is 2. The summed E-state index contributed by atoms with van der Waals surface area (Å²) in [4.78, 5) is 32.7. The molecular formula is C25H25N3O9. The first-order valence-electron chi connectivity index (χ1n) is 11.0. The van der Waals surface area contributed by atoms with Crippen LogP contribution in [0.25, 0.3) is 0 Å². The molecule has 1 amide bonds. The van der Waals surface area contributed by atoms with E-state index >= 15 is 0 Å². The fourth-order valence-corrected chi connectivity index (χ4v) is 3.41. The molecule has 0 aliphatic heterocycles. The van der Waals surface area contributed by atoms with E-state index in [4.69, 9.17) is 14.2 Å². The zero-order valence-electron chi connectivity index (χ0n) is 20.1. The Labute approximate surface area is 211 Å². The Morgan fingerprint density at radius 1 is 0.838 bits per heavy atom. The first kappa shape index (κ1) is 26.9. The van der Waals surface area contributed by atoms with Gasteiger partial charge in [0.2, 0.25) is 0 Å². The SMILES string of the molecule is CNC(=O)COc1cc(COc2ccc([N+](=O)[O-])c(C)c2)cc(COc2ccc([N+](=O)[O-])c(CO)c2)c1. The van der Waals surface area contributed by atoms with E-state index in [0.717, 1.165) is 0 Å². The van der Waals surface area contributed by atoms with Crippen molar-refractivity contribution >= 4 is 17.3 Å². The van der Waals surface area contributed by atoms with Crippen LogP contribution >= 0.6 is 0 Å². The Hall–Kier alpha value is -4.71. The van der Waals surface area contributed by atoms with Crippen molar-refractivity contribution in [2.45, 2.75) is 26.7 Å². The van der Waals surface area contributed by atoms with Crippen molar-refractivity contribution in [1.82, 2.24) is 5.32 Å². The highest BCUT2D eigenvalue weighted by Gasteiger charge is 2.15. The van der Waals surface area contributed by atoms with Gasteiger partial charge in [-0.2, -0.15) is 0 Å². The summed E-state index contributed by atoms with van der Waals surface area (Å²) in [7, 11) is 1.49. The summed E-state index contributed by atoms with van der Waals surface area (Å²) in [5.74, 6) is 0.844. The molecule has 0 aliphatic rings. The summed E-state index contributed by atoms with van der Waals surface area (Å²) in [5.41, 5.74) is 1.72. The monoisotopic (exact) mass is 511 g/mol. The molecule has 0 bridgehead atoms. The van der Waals surface area contributed by atoms with Gasteiger partial charge in [-0.05, 0) is 60.5 Å². The van der Waals surface area contributed by atoms with Gasteiger partial charge in [-0.25, -0.2) is 0 Å². The van der Waals surface area contributed by atoms with Crippen molar-refractivity contribution in [2.75, 3.05) is 13.7 Å². The number of nitro groups is 2. The molecule has 0 radical (unpaired) electrons. The molecule has 3 rings (SSSR count). The number of nitrogens with one attached hydrogen (secondary N) is 1. The van der Waals surface area contributed by atoms with Crippen LogP contribution in [0, 0.1) is 27.2 Å². The molecule has 12 heteroatoms. The van der Waals surface area contributed by atoms with E-state index in [1.54, 1.807) is 31.2 Å². The standard InChI is InChI=1S/C25H25N3O9/c1-16-7-20(3-5-23(16)27(31)32)35-13-17-8-18(10-22(9-17)37-15-25(30)26-2)14-36-21-4-6-24(28(33)34)19(11-21)12-29/h3-11,29H,12-15H2,1-2H3,(H,26,30). The van der Waals surface area contributed by atoms with Crippen LogP contribution in [0.3, 0.4) is 0 Å². The summed E-state index contributed by atoms with van der Waals surface area (Å²) in [6.07, 6.45) is 0. The van der Waals surface area contributed by atoms with Gasteiger partial charge in [0.15, 0.2) is 6.61 Å². The molecule has 0 spiro atoms. The first-order chi connectivity index (χ1) is 17.7. The highest BCUT2D eigenvalue weighted by molar-refractivity contribution is 5.77. The molecule has 0 atom stereocenters. The van der Waals surface area contributed by atoms with Crippen LogP contribution in [-0.2, 0) is 24.6 Å². The number of aliphatic hydroxyl groups is 1. The fourth-order valence-electron chi connectivity index (χ4n) is 3.41. The lowest BCUT2D eigenvalue weighted by Crippen LogP contribution is -2.24. The molecule has 3 aromatic rings. The van der Waals surface area contributed by atoms with Crippen LogP contribution in [0.5, 0.6) is 17.2 Å². The normalized spacial score (nSPS) is 10.5. The van der Waals surface area contributed by atoms with Gasteiger partial charge in [0.1, 0.15) is 30.5 Å². The van der Waals surface area contributed by atoms with Gasteiger partial charge in [0, 0.05) is 24.7 Å². The Kier molecular flexibility index (Phi) is 8.95. The smallest absolute Gasteiger partial charge is 0.275 e. The lowest BCUT2D eigenvalue weighted by atomic mass is 10.1. The van der Waals surface area contributed by atoms with Gasteiger partial charge < -0.3 is 24.6 Å². The van der Waals surface area contributed by atoms with Gasteiger partial charge in [0.05, 0.1) is 22.0 Å². The molecule has 0 aromatic heterocycles. The number of hydrogen-bond donors (Lipinski definition) is 2. The number of rotatable bonds is 12. The second kappa shape index (κ2) is 12.3. The number of ether oxygens (including phenoxy) is 3. The van der Waals surface area contributed by atoms with Gasteiger partial charge in [-0.15, -0.1) is 0 Å². The van der Waals surface area contributed by atoms with Crippen LogP contribution in [0.2, 0.25) is 0 Å². The number of carbonyl (C=O) groups is 1. The second-order valence-corrected chi connectivity index (χ2v) is 7.94. The van der Waals surface area contributed by atoms with Gasteiger partial charge in [-0.3, -0.25) is 25.0 Å². The molecule has 0 aliphatic carbocycles. The van der Waals surface area contributed by atoms with Crippen LogP contribution in [0.15, 0.2) is 54.6 Å². The molecule has 0 unspecified atom stereocenters. The molecule has 3 aromatic carbocycles. The number of nitrogens with zero attached hydrogens (tertiary/aromatic N) is 2. The second-order valence-electron chi connectivity index (χ2n) is 7.94. The van der Waals surface area contributed by atoms with E-state index in [0.29, 0.717) is 33.9 Å². The van der Waals surface area contributed by atoms with Crippen molar-refractivity contribution in [1.29, 1.82) is 0 Å². The molecule has 37 heavy (non-hydrogen) atoms. The molecule has 2 N–H and O–H groups in total. The van der Waals surface area contributed by atoms with Crippen molar-refractivity contribution in [3.05, 3.63) is 97.1 Å². The maximum Gasteiger partial charge on any atom is 0.275 e. The molecular weight excluding hydrogens is 486 g/mol. The summed E-state index contributed by atoms with van der Waals surface area (Å²) in [6, 6.07) is 13.7. The molecule has 0 saturated carbocycles. The first-order valence-corrected chi connectivity index (χ1v) is 11.0. The van der Waals surface area contributed by atoms with Crippen LogP contribution in [-0.4, -0.2) is 34.5 Å². The molecule has 0 heterocycles. The van der Waals surface area contributed by atoms with Crippen molar-refractivity contribution < 1.29 is 34.0 Å². The van der Waals surface area contributed by atoms with E-state index in [1.165, 1.54) is 37.4 Å². The number of aryl methyl sites for hydroxylation is 1. The maximum atomic E-state index is 11.6. The van der Waals surface area contributed by atoms with E-state index in [-0.39, 0.29) is 42.7 Å². The predicted octanol–water partition coefficient (Wildman–Crippen LogP) is 3.59. The van der Waals surface area contributed by atoms with Crippen LogP contribution < -0.4 is 19.5 Å². The number of carbonyl (C=O) groups excluding carboxylic acids is 1. The highest BCUT2D eigenvalue weighted by Crippen LogP contribution is 2.27. The number of aliphatic hydroxyl groups excluding tert-OH is 1. The third kappa shape index (κ3) is 7.39. The summed E-state index contributed by atoms with van der Waals surface area (Å²) < 4.78 is 17.1. The van der Waals surface area contributed by atoms with Crippen molar-refractivity contribution in [3.8, 4) is 17.2 Å². The topological polar surface area (TPSA) is 163 Å². The molecule has 194 valence electrons. The number of benzene rings is 3. The molecule has 12 nitrogen and oxygen atoms in total. The van der Waals surface area contributed by atoms with E-state index in [1.807, 2.05) is 0 Å². The Morgan fingerprint density at radius 2 is 1.41 bits per heavy atom. The third-order valence-corrected chi connectivity index (χ3v) is 5.27. The average Bonchev–Trinajstić information content (AvgIpc) is 2.88. The number of likely N-dealkylation sites (N-methyl/N-ethyl adjacent to an activating group) is 1. The predicted molar refractivity (Wildman–Crippen MR) is 132 cm³/mol. The van der Waals surface area contributed by atoms with E-state index < -0.39 is 16.5 Å². The third-order valence-electron chi connectivity index (χ3n) is 5.27. The van der Waals surface area contributed by atoms with Crippen molar-refractivity contribution in [3.63, 3.8) is 0 Å². The Bertz CT molecular complexity index is 1310. The van der Waals surface area contributed by atoms with E-state index in [2.05, 4.69) is 5.32 Å². The van der Waals surface area contributed by atoms with Gasteiger partial charge in [-0.1, -0.05) is 0 Å². The lowest BCUT2D eigenvalue weighted by molar-refractivity contribution is -0.385. The summed E-state index contributed by atoms with van der Waals surface area (Å²) in [5, 5.41) is 34.0. The zero-order valence-corrected chi connectivity index (χ0v) is 20.1. The van der Waals surface area contributed by atoms with E-state index in [9.17, 15) is 30.1 Å². The quantitative estimate of drug-likeness (QED) is 0.273. The number of hydrogen-bond acceptors (Lipinski definition) is 9. The minimum Gasteiger partial charge on any atom is -0.489 e. The van der Waals surface area contributed by atoms with Gasteiger partial charge >= 0.3 is 0 Å². The molecule has 0 fully saturated rings. The van der Waals surface area contributed by atoms with Gasteiger partial charge in [0.25, 0.3) is 17.3 Å². The lowest BCUT2D eigenvalue weighted by Gasteiger charge is -2.13. The Morgan fingerprint density at radius 3 is 1.92 bits per heavy atom. The highest BCUT2D eigenvalue weighted by atomic mass is 16.6. The average molecular weight is 511 g/mol. The fraction of sp³-hybridized carbons (Fsp3) is 0.240.